The molecule has 1 aromatic rings. The number of aromatic nitrogens is 1. The van der Waals surface area contributed by atoms with Gasteiger partial charge in [-0.2, -0.15) is 0 Å². The molecule has 2 unspecified atom stereocenters. The van der Waals surface area contributed by atoms with Crippen molar-refractivity contribution in [3.8, 4) is 0 Å². The fourth-order valence-electron chi connectivity index (χ4n) is 4.40. The van der Waals surface area contributed by atoms with Crippen LogP contribution in [0.25, 0.3) is 6.08 Å². The molecule has 0 amide bonds. The number of allylic oxidation sites excluding steroid dienone is 6. The average Bonchev–Trinajstić information content (AvgIpc) is 2.73. The number of aryl methyl sites for hydroxylation is 1. The lowest BCUT2D eigenvalue weighted by molar-refractivity contribution is 0.162. The second-order valence-electron chi connectivity index (χ2n) is 8.06. The van der Waals surface area contributed by atoms with Crippen molar-refractivity contribution in [1.29, 1.82) is 0 Å². The maximum Gasteiger partial charge on any atom is 0.133 e. The highest BCUT2D eigenvalue weighted by Crippen LogP contribution is 2.31. The largest absolute Gasteiger partial charge is 0.344 e. The smallest absolute Gasteiger partial charge is 0.133 e. The van der Waals surface area contributed by atoms with E-state index in [4.69, 9.17) is 4.98 Å². The van der Waals surface area contributed by atoms with Gasteiger partial charge in [-0.05, 0) is 93.8 Å². The number of nitrogens with one attached hydrogen (secondary N) is 1. The fourth-order valence-corrected chi connectivity index (χ4v) is 4.40. The number of likely N-dealkylation sites (tertiary alicyclic amines) is 1. The molecule has 1 saturated heterocycles. The van der Waals surface area contributed by atoms with E-state index in [0.29, 0.717) is 11.8 Å². The SMILES string of the molecule is C/C=C1\CCc2ccc(/C=C/CCCN3CCC4C=C(F)C=CC4C3)nc2N1. The Kier molecular flexibility index (Phi) is 6.06. The third kappa shape index (κ3) is 4.61. The van der Waals surface area contributed by atoms with Crippen molar-refractivity contribution in [3.05, 3.63) is 65.3 Å². The van der Waals surface area contributed by atoms with Gasteiger partial charge in [0.2, 0.25) is 0 Å². The molecular formula is C24H30FN3. The van der Waals surface area contributed by atoms with Crippen LogP contribution in [-0.2, 0) is 6.42 Å². The molecule has 148 valence electrons. The molecule has 0 saturated carbocycles. The Labute approximate surface area is 167 Å². The van der Waals surface area contributed by atoms with Gasteiger partial charge < -0.3 is 10.2 Å². The number of unbranched alkanes of at least 4 members (excludes halogenated alkanes) is 1. The van der Waals surface area contributed by atoms with Crippen LogP contribution in [0.5, 0.6) is 0 Å². The molecule has 3 heterocycles. The predicted octanol–water partition coefficient (Wildman–Crippen LogP) is 5.50. The maximum absolute atomic E-state index is 13.4. The summed E-state index contributed by atoms with van der Waals surface area (Å²) in [4.78, 5) is 7.28. The van der Waals surface area contributed by atoms with Gasteiger partial charge in [0.05, 0.1) is 5.69 Å². The third-order valence-corrected chi connectivity index (χ3v) is 6.10. The molecule has 1 N–H and O–H groups in total. The van der Waals surface area contributed by atoms with Gasteiger partial charge in [-0.1, -0.05) is 24.3 Å². The number of rotatable bonds is 5. The molecule has 1 fully saturated rings. The molecule has 2 aliphatic heterocycles. The lowest BCUT2D eigenvalue weighted by atomic mass is 9.82. The zero-order valence-corrected chi connectivity index (χ0v) is 16.7. The molecule has 0 spiro atoms. The van der Waals surface area contributed by atoms with E-state index >= 15 is 0 Å². The molecule has 0 aromatic carbocycles. The minimum absolute atomic E-state index is 0.0623. The van der Waals surface area contributed by atoms with Gasteiger partial charge in [-0.3, -0.25) is 0 Å². The van der Waals surface area contributed by atoms with E-state index < -0.39 is 0 Å². The molecular weight excluding hydrogens is 349 g/mol. The summed E-state index contributed by atoms with van der Waals surface area (Å²) in [5.74, 6) is 1.83. The van der Waals surface area contributed by atoms with Crippen molar-refractivity contribution < 1.29 is 4.39 Å². The monoisotopic (exact) mass is 379 g/mol. The predicted molar refractivity (Wildman–Crippen MR) is 115 cm³/mol. The number of fused-ring (bicyclic) bond motifs is 2. The fraction of sp³-hybridized carbons (Fsp3) is 0.458. The van der Waals surface area contributed by atoms with Crippen LogP contribution in [-0.4, -0.2) is 29.5 Å². The Morgan fingerprint density at radius 3 is 3.11 bits per heavy atom. The summed E-state index contributed by atoms with van der Waals surface area (Å²) in [5.41, 5.74) is 3.58. The zero-order chi connectivity index (χ0) is 19.3. The van der Waals surface area contributed by atoms with Gasteiger partial charge in [0, 0.05) is 12.2 Å². The average molecular weight is 380 g/mol. The number of hydrogen-bond acceptors (Lipinski definition) is 3. The van der Waals surface area contributed by atoms with E-state index in [0.717, 1.165) is 63.3 Å². The second-order valence-corrected chi connectivity index (χ2v) is 8.06. The highest BCUT2D eigenvalue weighted by atomic mass is 19.1. The van der Waals surface area contributed by atoms with Crippen LogP contribution in [0, 0.1) is 11.8 Å². The molecule has 0 bridgehead atoms. The van der Waals surface area contributed by atoms with Crippen LogP contribution in [0.4, 0.5) is 10.2 Å². The Morgan fingerprint density at radius 2 is 2.21 bits per heavy atom. The first-order valence-corrected chi connectivity index (χ1v) is 10.6. The van der Waals surface area contributed by atoms with E-state index in [1.165, 1.54) is 11.3 Å². The minimum Gasteiger partial charge on any atom is -0.344 e. The van der Waals surface area contributed by atoms with E-state index in [1.807, 2.05) is 6.08 Å². The van der Waals surface area contributed by atoms with Gasteiger partial charge in [-0.25, -0.2) is 9.37 Å². The molecule has 0 radical (unpaired) electrons. The first-order chi connectivity index (χ1) is 13.7. The van der Waals surface area contributed by atoms with E-state index in [9.17, 15) is 4.39 Å². The molecule has 1 aromatic heterocycles. The Morgan fingerprint density at radius 1 is 1.29 bits per heavy atom. The maximum atomic E-state index is 13.4. The number of hydrogen-bond donors (Lipinski definition) is 1. The van der Waals surface area contributed by atoms with Crippen LogP contribution in [0.1, 0.15) is 43.9 Å². The number of piperidine rings is 1. The zero-order valence-electron chi connectivity index (χ0n) is 16.7. The van der Waals surface area contributed by atoms with Crippen molar-refractivity contribution >= 4 is 11.9 Å². The van der Waals surface area contributed by atoms with Crippen molar-refractivity contribution in [2.24, 2.45) is 11.8 Å². The molecule has 4 rings (SSSR count). The highest BCUT2D eigenvalue weighted by Gasteiger charge is 2.27. The van der Waals surface area contributed by atoms with Crippen LogP contribution in [0.3, 0.4) is 0 Å². The molecule has 4 heteroatoms. The van der Waals surface area contributed by atoms with Crippen LogP contribution in [0.2, 0.25) is 0 Å². The molecule has 2 atom stereocenters. The van der Waals surface area contributed by atoms with Gasteiger partial charge in [0.15, 0.2) is 0 Å². The summed E-state index contributed by atoms with van der Waals surface area (Å²) in [6.07, 6.45) is 17.4. The molecule has 3 aliphatic rings. The Hall–Kier alpha value is -2.20. The first kappa shape index (κ1) is 19.1. The quantitative estimate of drug-likeness (QED) is 0.685. The molecule has 28 heavy (non-hydrogen) atoms. The van der Waals surface area contributed by atoms with Gasteiger partial charge >= 0.3 is 0 Å². The van der Waals surface area contributed by atoms with Gasteiger partial charge in [0.25, 0.3) is 0 Å². The normalized spacial score (nSPS) is 26.1. The van der Waals surface area contributed by atoms with Crippen LogP contribution < -0.4 is 5.32 Å². The van der Waals surface area contributed by atoms with E-state index in [-0.39, 0.29) is 5.83 Å². The number of pyridine rings is 1. The summed E-state index contributed by atoms with van der Waals surface area (Å²) in [7, 11) is 0. The minimum atomic E-state index is -0.0623. The van der Waals surface area contributed by atoms with Gasteiger partial charge in [-0.15, -0.1) is 0 Å². The Bertz CT molecular complexity index is 821. The highest BCUT2D eigenvalue weighted by molar-refractivity contribution is 5.57. The number of anilines is 1. The summed E-state index contributed by atoms with van der Waals surface area (Å²) in [5, 5.41) is 3.43. The van der Waals surface area contributed by atoms with Gasteiger partial charge in [0.1, 0.15) is 11.6 Å². The van der Waals surface area contributed by atoms with E-state index in [1.54, 1.807) is 6.08 Å². The third-order valence-electron chi connectivity index (χ3n) is 6.10. The lowest BCUT2D eigenvalue weighted by Crippen LogP contribution is -2.40. The van der Waals surface area contributed by atoms with E-state index in [2.05, 4.69) is 53.6 Å². The standard InChI is InChI=1S/C24H30FN3/c1-2-22-11-8-18-9-12-23(27-24(18)26-22)6-4-3-5-14-28-15-13-19-16-21(25)10-7-20(19)17-28/h2,4,6-7,9-10,12,16,19-20H,3,5,8,11,13-15,17H2,1H3,(H,26,27)/b6-4+,22-2+. The Balaban J connectivity index is 1.23. The van der Waals surface area contributed by atoms with Crippen LogP contribution >= 0.6 is 0 Å². The lowest BCUT2D eigenvalue weighted by Gasteiger charge is -2.37. The van der Waals surface area contributed by atoms with Crippen molar-refractivity contribution in [3.63, 3.8) is 0 Å². The van der Waals surface area contributed by atoms with Crippen LogP contribution in [0.15, 0.2) is 54.0 Å². The summed E-state index contributed by atoms with van der Waals surface area (Å²) in [6.45, 7) is 5.31. The summed E-state index contributed by atoms with van der Waals surface area (Å²) in [6, 6.07) is 4.31. The number of halogens is 1. The summed E-state index contributed by atoms with van der Waals surface area (Å²) < 4.78 is 13.4. The second kappa shape index (κ2) is 8.87. The number of nitrogens with zero attached hydrogens (tertiary/aromatic N) is 2. The molecule has 1 aliphatic carbocycles. The summed E-state index contributed by atoms with van der Waals surface area (Å²) >= 11 is 0. The topological polar surface area (TPSA) is 28.2 Å². The van der Waals surface area contributed by atoms with Crippen molar-refractivity contribution in [1.82, 2.24) is 9.88 Å². The first-order valence-electron chi connectivity index (χ1n) is 10.6. The molecule has 3 nitrogen and oxygen atoms in total. The van der Waals surface area contributed by atoms with Crippen molar-refractivity contribution in [2.45, 2.75) is 39.0 Å². The van der Waals surface area contributed by atoms with Crippen molar-refractivity contribution in [2.75, 3.05) is 25.0 Å².